The summed E-state index contributed by atoms with van der Waals surface area (Å²) < 4.78 is 31.0. The van der Waals surface area contributed by atoms with Crippen molar-refractivity contribution >= 4 is 33.2 Å². The van der Waals surface area contributed by atoms with Crippen LogP contribution in [0.4, 0.5) is 0 Å². The van der Waals surface area contributed by atoms with Gasteiger partial charge in [0.15, 0.2) is 11.5 Å². The second kappa shape index (κ2) is 9.17. The molecule has 1 atom stereocenters. The Kier molecular flexibility index (Phi) is 6.07. The normalized spacial score (nSPS) is 15.7. The molecule has 5 rings (SSSR count). The zero-order chi connectivity index (χ0) is 23.7. The van der Waals surface area contributed by atoms with Gasteiger partial charge in [0.1, 0.15) is 4.90 Å². The van der Waals surface area contributed by atoms with Gasteiger partial charge in [-0.25, -0.2) is 13.1 Å². The lowest BCUT2D eigenvalue weighted by atomic mass is 9.88. The van der Waals surface area contributed by atoms with Crippen LogP contribution in [-0.4, -0.2) is 28.9 Å². The second-order valence-corrected chi connectivity index (χ2v) is 10.2. The highest BCUT2D eigenvalue weighted by atomic mass is 35.5. The number of pyridine rings is 1. The number of hydrogen-bond donors (Lipinski definition) is 2. The third-order valence-corrected chi connectivity index (χ3v) is 7.89. The molecule has 0 saturated carbocycles. The summed E-state index contributed by atoms with van der Waals surface area (Å²) in [5.74, 6) is 0.118. The monoisotopic (exact) mass is 495 g/mol. The fraction of sp³-hybridized carbons (Fsp3) is 0.208. The third-order valence-electron chi connectivity index (χ3n) is 5.94. The van der Waals surface area contributed by atoms with Crippen molar-refractivity contribution in [2.45, 2.75) is 36.7 Å². The highest BCUT2D eigenvalue weighted by Gasteiger charge is 2.27. The van der Waals surface area contributed by atoms with Crippen LogP contribution >= 0.6 is 11.6 Å². The van der Waals surface area contributed by atoms with Gasteiger partial charge in [0.05, 0.1) is 11.6 Å². The molecule has 1 aliphatic rings. The van der Waals surface area contributed by atoms with Crippen molar-refractivity contribution in [2.24, 2.45) is 0 Å². The molecule has 1 amide bonds. The van der Waals surface area contributed by atoms with E-state index in [1.165, 1.54) is 18.2 Å². The number of carbonyl (C=O) groups excluding carboxylic acids is 1. The predicted molar refractivity (Wildman–Crippen MR) is 128 cm³/mol. The Labute approximate surface area is 202 Å². The first-order valence-corrected chi connectivity index (χ1v) is 12.7. The van der Waals surface area contributed by atoms with Crippen LogP contribution in [0.25, 0.3) is 5.65 Å². The summed E-state index contributed by atoms with van der Waals surface area (Å²) in [5, 5.41) is 11.0. The maximum atomic E-state index is 13.2. The maximum Gasteiger partial charge on any atom is 0.251 e. The van der Waals surface area contributed by atoms with Crippen molar-refractivity contribution in [3.63, 3.8) is 0 Å². The Bertz CT molecular complexity index is 1490. The number of halogens is 1. The van der Waals surface area contributed by atoms with E-state index >= 15 is 0 Å². The smallest absolute Gasteiger partial charge is 0.251 e. The van der Waals surface area contributed by atoms with Crippen molar-refractivity contribution in [2.75, 3.05) is 0 Å². The molecule has 0 unspecified atom stereocenters. The zero-order valence-corrected chi connectivity index (χ0v) is 19.7. The first-order chi connectivity index (χ1) is 16.4. The molecule has 2 N–H and O–H groups in total. The van der Waals surface area contributed by atoms with Gasteiger partial charge in [-0.2, -0.15) is 0 Å². The van der Waals surface area contributed by atoms with Crippen LogP contribution in [0.2, 0.25) is 5.02 Å². The lowest BCUT2D eigenvalue weighted by Crippen LogP contribution is -2.31. The Morgan fingerprint density at radius 3 is 2.79 bits per heavy atom. The van der Waals surface area contributed by atoms with Gasteiger partial charge in [-0.15, -0.1) is 10.2 Å². The number of nitrogens with zero attached hydrogens (tertiary/aromatic N) is 3. The van der Waals surface area contributed by atoms with Gasteiger partial charge in [-0.05, 0) is 60.7 Å². The predicted octanol–water partition coefficient (Wildman–Crippen LogP) is 3.67. The number of rotatable bonds is 6. The number of fused-ring (bicyclic) bond motifs is 2. The minimum atomic E-state index is -3.96. The number of nitrogens with one attached hydrogen (secondary N) is 2. The number of carbonyl (C=O) groups is 1. The van der Waals surface area contributed by atoms with E-state index in [9.17, 15) is 13.2 Å². The summed E-state index contributed by atoms with van der Waals surface area (Å²) in [4.78, 5) is 12.7. The van der Waals surface area contributed by atoms with Crippen molar-refractivity contribution < 1.29 is 13.2 Å². The summed E-state index contributed by atoms with van der Waals surface area (Å²) >= 11 is 6.25. The molecule has 2 aromatic heterocycles. The van der Waals surface area contributed by atoms with E-state index in [0.29, 0.717) is 17.9 Å². The Morgan fingerprint density at radius 1 is 1.09 bits per heavy atom. The highest BCUT2D eigenvalue weighted by Crippen LogP contribution is 2.32. The molecular formula is C24H22ClN5O3S. The summed E-state index contributed by atoms with van der Waals surface area (Å²) in [6.07, 6.45) is 4.31. The molecule has 0 fully saturated rings. The Balaban J connectivity index is 1.35. The molecule has 4 aromatic rings. The minimum Gasteiger partial charge on any atom is -0.345 e. The van der Waals surface area contributed by atoms with E-state index in [1.54, 1.807) is 10.6 Å². The van der Waals surface area contributed by atoms with Gasteiger partial charge in [-0.1, -0.05) is 41.9 Å². The average Bonchev–Trinajstić information content (AvgIpc) is 3.26. The number of benzene rings is 2. The van der Waals surface area contributed by atoms with Crippen molar-refractivity contribution in [1.29, 1.82) is 0 Å². The number of aryl methyl sites for hydroxylation is 1. The van der Waals surface area contributed by atoms with Crippen LogP contribution in [0.15, 0.2) is 71.8 Å². The lowest BCUT2D eigenvalue weighted by molar-refractivity contribution is 0.0949. The van der Waals surface area contributed by atoms with Gasteiger partial charge in [0.2, 0.25) is 10.0 Å². The molecule has 10 heteroatoms. The maximum absolute atomic E-state index is 13.2. The van der Waals surface area contributed by atoms with Crippen LogP contribution in [0.3, 0.4) is 0 Å². The van der Waals surface area contributed by atoms with E-state index in [4.69, 9.17) is 11.6 Å². The third kappa shape index (κ3) is 4.42. The Hall–Kier alpha value is -3.27. The molecule has 174 valence electrons. The zero-order valence-electron chi connectivity index (χ0n) is 18.1. The van der Waals surface area contributed by atoms with Crippen LogP contribution in [0.5, 0.6) is 0 Å². The summed E-state index contributed by atoms with van der Waals surface area (Å²) in [7, 11) is -3.96. The minimum absolute atomic E-state index is 0.0524. The lowest BCUT2D eigenvalue weighted by Gasteiger charge is -2.26. The first-order valence-electron chi connectivity index (χ1n) is 10.9. The standard InChI is InChI=1S/C24H22ClN5O3S/c25-19-12-11-17(24(31)26-15-23-28-27-22-10-3-4-13-30(22)23)14-21(19)34(32,33)29-20-9-5-7-16-6-1-2-8-18(16)20/h1-4,6,8,10-14,20,29H,5,7,9,15H2,(H,26,31)/t20-/m0/s1. The molecule has 8 nitrogen and oxygen atoms in total. The fourth-order valence-electron chi connectivity index (χ4n) is 4.25. The van der Waals surface area contributed by atoms with E-state index < -0.39 is 15.9 Å². The van der Waals surface area contributed by atoms with E-state index in [2.05, 4.69) is 20.2 Å². The van der Waals surface area contributed by atoms with Crippen LogP contribution in [0, 0.1) is 0 Å². The molecule has 0 radical (unpaired) electrons. The van der Waals surface area contributed by atoms with Crippen LogP contribution in [0.1, 0.15) is 46.2 Å². The van der Waals surface area contributed by atoms with E-state index in [0.717, 1.165) is 24.0 Å². The topological polar surface area (TPSA) is 105 Å². The average molecular weight is 496 g/mol. The van der Waals surface area contributed by atoms with Crippen molar-refractivity contribution in [3.8, 4) is 0 Å². The molecule has 0 spiro atoms. The van der Waals surface area contributed by atoms with Crippen molar-refractivity contribution in [1.82, 2.24) is 24.6 Å². The molecule has 0 bridgehead atoms. The Morgan fingerprint density at radius 2 is 1.91 bits per heavy atom. The van der Waals surface area contributed by atoms with Gasteiger partial charge in [0.25, 0.3) is 5.91 Å². The van der Waals surface area contributed by atoms with Crippen molar-refractivity contribution in [3.05, 3.63) is 94.4 Å². The van der Waals surface area contributed by atoms with Crippen LogP contribution in [-0.2, 0) is 23.0 Å². The number of sulfonamides is 1. The van der Waals surface area contributed by atoms with E-state index in [1.807, 2.05) is 42.5 Å². The SMILES string of the molecule is O=C(NCc1nnc2ccccn12)c1ccc(Cl)c(S(=O)(=O)N[C@H]2CCCc3ccccc32)c1. The number of amides is 1. The fourth-order valence-corrected chi connectivity index (χ4v) is 6.03. The molecule has 2 heterocycles. The summed E-state index contributed by atoms with van der Waals surface area (Å²) in [6, 6.07) is 17.2. The molecular weight excluding hydrogens is 474 g/mol. The summed E-state index contributed by atoms with van der Waals surface area (Å²) in [6.45, 7) is 0.131. The molecule has 2 aromatic carbocycles. The van der Waals surface area contributed by atoms with Gasteiger partial charge < -0.3 is 5.32 Å². The highest BCUT2D eigenvalue weighted by molar-refractivity contribution is 7.89. The van der Waals surface area contributed by atoms with Gasteiger partial charge in [0, 0.05) is 17.8 Å². The van der Waals surface area contributed by atoms with Crippen LogP contribution < -0.4 is 10.0 Å². The molecule has 0 aliphatic heterocycles. The molecule has 34 heavy (non-hydrogen) atoms. The van der Waals surface area contributed by atoms with E-state index in [-0.39, 0.29) is 28.1 Å². The van der Waals surface area contributed by atoms with Gasteiger partial charge in [-0.3, -0.25) is 9.20 Å². The summed E-state index contributed by atoms with van der Waals surface area (Å²) in [5.41, 5.74) is 2.97. The molecule has 1 aliphatic carbocycles. The molecule has 0 saturated heterocycles. The number of aromatic nitrogens is 3. The van der Waals surface area contributed by atoms with Gasteiger partial charge >= 0.3 is 0 Å². The first kappa shape index (κ1) is 22.5. The largest absolute Gasteiger partial charge is 0.345 e. The second-order valence-electron chi connectivity index (χ2n) is 8.14. The number of hydrogen-bond acceptors (Lipinski definition) is 5. The quantitative estimate of drug-likeness (QED) is 0.424.